The van der Waals surface area contributed by atoms with Gasteiger partial charge in [0.15, 0.2) is 6.23 Å². The second-order valence-electron chi connectivity index (χ2n) is 3.98. The summed E-state index contributed by atoms with van der Waals surface area (Å²) >= 11 is 4.75. The minimum absolute atomic E-state index is 0.103. The highest BCUT2D eigenvalue weighted by atomic mass is 32.2. The molecule has 0 unspecified atom stereocenters. The largest absolute Gasteiger partial charge is 0.387 e. The first kappa shape index (κ1) is 14.3. The Morgan fingerprint density at radius 2 is 2.37 bits per heavy atom. The standard InChI is InChI=1S/C8H13N5O4S2/c9-7(18)8-11-4-13(12-8)6-2-1-5(17-6)3-16-19(10,14)15/h4-6H,1-3H2,(H2,9,18)(H2,10,14,15)/t5-,6+/m0/s1. The minimum atomic E-state index is -3.95. The summed E-state index contributed by atoms with van der Waals surface area (Å²) < 4.78 is 32.9. The fourth-order valence-electron chi connectivity index (χ4n) is 1.70. The average Bonchev–Trinajstić information content (AvgIpc) is 2.94. The molecule has 11 heteroatoms. The fraction of sp³-hybridized carbons (Fsp3) is 0.625. The molecule has 0 bridgehead atoms. The second-order valence-corrected chi connectivity index (χ2v) is 5.64. The molecule has 0 radical (unpaired) electrons. The zero-order chi connectivity index (χ0) is 14.0. The Morgan fingerprint density at radius 3 is 2.95 bits per heavy atom. The lowest BCUT2D eigenvalue weighted by atomic mass is 10.2. The molecule has 0 spiro atoms. The van der Waals surface area contributed by atoms with E-state index in [-0.39, 0.29) is 29.8 Å². The molecule has 2 atom stereocenters. The van der Waals surface area contributed by atoms with Gasteiger partial charge in [-0.2, -0.15) is 8.42 Å². The van der Waals surface area contributed by atoms with Crippen LogP contribution >= 0.6 is 12.2 Å². The first-order chi connectivity index (χ1) is 8.85. The topological polar surface area (TPSA) is 135 Å². The van der Waals surface area contributed by atoms with E-state index in [2.05, 4.69) is 14.3 Å². The van der Waals surface area contributed by atoms with Crippen LogP contribution in [0.3, 0.4) is 0 Å². The average molecular weight is 307 g/mol. The van der Waals surface area contributed by atoms with Gasteiger partial charge in [0, 0.05) is 0 Å². The van der Waals surface area contributed by atoms with Gasteiger partial charge in [-0.15, -0.1) is 5.10 Å². The first-order valence-electron chi connectivity index (χ1n) is 5.39. The Hall–Kier alpha value is -1.14. The summed E-state index contributed by atoms with van der Waals surface area (Å²) in [6.07, 6.45) is 2.04. The van der Waals surface area contributed by atoms with Crippen LogP contribution in [0.15, 0.2) is 6.33 Å². The van der Waals surface area contributed by atoms with Crippen LogP contribution < -0.4 is 10.9 Å². The van der Waals surface area contributed by atoms with Crippen molar-refractivity contribution >= 4 is 27.5 Å². The third-order valence-electron chi connectivity index (χ3n) is 2.53. The SMILES string of the molecule is NC(=S)c1ncn([C@H]2CC[C@@H](COS(N)(=O)=O)O2)n1. The van der Waals surface area contributed by atoms with Crippen molar-refractivity contribution in [3.8, 4) is 0 Å². The van der Waals surface area contributed by atoms with E-state index in [9.17, 15) is 8.42 Å². The Kier molecular flexibility index (Phi) is 4.10. The molecule has 9 nitrogen and oxygen atoms in total. The van der Waals surface area contributed by atoms with E-state index in [1.165, 1.54) is 11.0 Å². The lowest BCUT2D eigenvalue weighted by Crippen LogP contribution is -2.23. The van der Waals surface area contributed by atoms with E-state index in [4.69, 9.17) is 27.8 Å². The maximum absolute atomic E-state index is 10.7. The number of rotatable bonds is 5. The summed E-state index contributed by atoms with van der Waals surface area (Å²) in [6.45, 7) is -0.119. The van der Waals surface area contributed by atoms with Gasteiger partial charge < -0.3 is 10.5 Å². The Bertz CT molecular complexity index is 571. The molecule has 1 saturated heterocycles. The normalized spacial score (nSPS) is 23.6. The molecular weight excluding hydrogens is 294 g/mol. The van der Waals surface area contributed by atoms with E-state index in [0.717, 1.165) is 0 Å². The summed E-state index contributed by atoms with van der Waals surface area (Å²) in [5.41, 5.74) is 5.40. The summed E-state index contributed by atoms with van der Waals surface area (Å²) in [6, 6.07) is 0. The van der Waals surface area contributed by atoms with Crippen LogP contribution in [0, 0.1) is 0 Å². The zero-order valence-electron chi connectivity index (χ0n) is 9.80. The predicted molar refractivity (Wildman–Crippen MR) is 68.1 cm³/mol. The minimum Gasteiger partial charge on any atom is -0.387 e. The number of aromatic nitrogens is 3. The molecule has 4 N–H and O–H groups in total. The molecule has 2 heterocycles. The molecular formula is C8H13N5O4S2. The molecule has 1 fully saturated rings. The molecule has 0 saturated carbocycles. The van der Waals surface area contributed by atoms with Crippen molar-refractivity contribution in [2.45, 2.75) is 25.2 Å². The molecule has 1 aliphatic rings. The van der Waals surface area contributed by atoms with Crippen LogP contribution in [-0.2, 0) is 19.2 Å². The van der Waals surface area contributed by atoms with Gasteiger partial charge in [-0.1, -0.05) is 12.2 Å². The highest BCUT2D eigenvalue weighted by molar-refractivity contribution is 7.84. The second kappa shape index (κ2) is 5.46. The maximum atomic E-state index is 10.7. The molecule has 2 rings (SSSR count). The van der Waals surface area contributed by atoms with E-state index >= 15 is 0 Å². The lowest BCUT2D eigenvalue weighted by molar-refractivity contribution is -0.0229. The molecule has 1 aliphatic heterocycles. The Labute approximate surface area is 115 Å². The highest BCUT2D eigenvalue weighted by Crippen LogP contribution is 2.27. The van der Waals surface area contributed by atoms with Crippen molar-refractivity contribution < 1.29 is 17.3 Å². The Morgan fingerprint density at radius 1 is 1.63 bits per heavy atom. The Balaban J connectivity index is 1.92. The number of thiocarbonyl (C=S) groups is 1. The highest BCUT2D eigenvalue weighted by Gasteiger charge is 2.28. The van der Waals surface area contributed by atoms with Crippen LogP contribution in [0.4, 0.5) is 0 Å². The summed E-state index contributed by atoms with van der Waals surface area (Å²) in [7, 11) is -3.95. The van der Waals surface area contributed by atoms with Crippen molar-refractivity contribution in [3.05, 3.63) is 12.2 Å². The van der Waals surface area contributed by atoms with Crippen molar-refractivity contribution in [1.29, 1.82) is 0 Å². The molecule has 0 amide bonds. The van der Waals surface area contributed by atoms with Crippen LogP contribution in [0.2, 0.25) is 0 Å². The van der Waals surface area contributed by atoms with Crippen molar-refractivity contribution in [1.82, 2.24) is 14.8 Å². The third kappa shape index (κ3) is 3.91. The lowest BCUT2D eigenvalue weighted by Gasteiger charge is -2.12. The van der Waals surface area contributed by atoms with Crippen LogP contribution in [-0.4, -0.2) is 40.9 Å². The third-order valence-corrected chi connectivity index (χ3v) is 3.17. The van der Waals surface area contributed by atoms with E-state index in [0.29, 0.717) is 12.8 Å². The number of hydrogen-bond donors (Lipinski definition) is 2. The van der Waals surface area contributed by atoms with Gasteiger partial charge in [-0.05, 0) is 12.8 Å². The first-order valence-corrected chi connectivity index (χ1v) is 7.26. The quantitative estimate of drug-likeness (QED) is 0.648. The molecule has 1 aromatic rings. The van der Waals surface area contributed by atoms with Gasteiger partial charge in [0.05, 0.1) is 12.7 Å². The smallest absolute Gasteiger partial charge is 0.333 e. The van der Waals surface area contributed by atoms with Gasteiger partial charge in [0.2, 0.25) is 5.82 Å². The van der Waals surface area contributed by atoms with Gasteiger partial charge in [0.25, 0.3) is 0 Å². The van der Waals surface area contributed by atoms with Crippen molar-refractivity contribution in [2.24, 2.45) is 10.9 Å². The van der Waals surface area contributed by atoms with Crippen molar-refractivity contribution in [2.75, 3.05) is 6.61 Å². The number of hydrogen-bond acceptors (Lipinski definition) is 7. The predicted octanol–water partition coefficient (Wildman–Crippen LogP) is -1.19. The fourth-order valence-corrected chi connectivity index (χ4v) is 2.14. The molecule has 0 aliphatic carbocycles. The summed E-state index contributed by atoms with van der Waals surface area (Å²) in [5, 5.41) is 8.80. The molecule has 19 heavy (non-hydrogen) atoms. The number of nitrogens with two attached hydrogens (primary N) is 2. The molecule has 106 valence electrons. The van der Waals surface area contributed by atoms with E-state index < -0.39 is 10.3 Å². The van der Waals surface area contributed by atoms with Gasteiger partial charge >= 0.3 is 10.3 Å². The van der Waals surface area contributed by atoms with Crippen LogP contribution in [0.1, 0.15) is 24.9 Å². The molecule has 1 aromatic heterocycles. The monoisotopic (exact) mass is 307 g/mol. The van der Waals surface area contributed by atoms with E-state index in [1.54, 1.807) is 0 Å². The van der Waals surface area contributed by atoms with Crippen molar-refractivity contribution in [3.63, 3.8) is 0 Å². The van der Waals surface area contributed by atoms with Gasteiger partial charge in [0.1, 0.15) is 11.3 Å². The maximum Gasteiger partial charge on any atom is 0.333 e. The molecule has 0 aromatic carbocycles. The van der Waals surface area contributed by atoms with Crippen LogP contribution in [0.5, 0.6) is 0 Å². The van der Waals surface area contributed by atoms with E-state index in [1.807, 2.05) is 0 Å². The summed E-state index contributed by atoms with van der Waals surface area (Å²) in [5.74, 6) is 0.267. The number of nitrogens with zero attached hydrogens (tertiary/aromatic N) is 3. The number of ether oxygens (including phenoxy) is 1. The summed E-state index contributed by atoms with van der Waals surface area (Å²) in [4.78, 5) is 4.03. The van der Waals surface area contributed by atoms with Gasteiger partial charge in [-0.3, -0.25) is 4.18 Å². The van der Waals surface area contributed by atoms with Gasteiger partial charge in [-0.25, -0.2) is 14.8 Å². The zero-order valence-corrected chi connectivity index (χ0v) is 11.4. The van der Waals surface area contributed by atoms with Crippen LogP contribution in [0.25, 0.3) is 0 Å².